The van der Waals surface area contributed by atoms with Crippen molar-refractivity contribution in [2.75, 3.05) is 13.2 Å². The summed E-state index contributed by atoms with van der Waals surface area (Å²) in [5.41, 5.74) is -0.101. The molecule has 0 radical (unpaired) electrons. The van der Waals surface area contributed by atoms with Crippen molar-refractivity contribution in [3.05, 3.63) is 35.4 Å². The predicted octanol–water partition coefficient (Wildman–Crippen LogP) is 2.52. The normalized spacial score (nSPS) is 12.2. The Balaban J connectivity index is 2.92. The van der Waals surface area contributed by atoms with Gasteiger partial charge in [0.25, 0.3) is 0 Å². The number of hydrogen-bond donors (Lipinski definition) is 2. The van der Waals surface area contributed by atoms with Crippen LogP contribution in [0.4, 0.5) is 8.78 Å². The van der Waals surface area contributed by atoms with Crippen LogP contribution in [0, 0.1) is 23.0 Å². The molecule has 1 rings (SSSR count). The molecule has 2 nitrogen and oxygen atoms in total. The van der Waals surface area contributed by atoms with Gasteiger partial charge in [-0.3, -0.25) is 0 Å². The molecule has 1 aromatic carbocycles. The van der Waals surface area contributed by atoms with E-state index in [1.807, 2.05) is 13.8 Å². The Kier molecular flexibility index (Phi) is 5.23. The fraction of sp³-hybridized carbons (Fsp3) is 0.571. The maximum Gasteiger partial charge on any atom is 0.159 e. The first-order valence-electron chi connectivity index (χ1n) is 6.08. The molecule has 0 aromatic heterocycles. The molecule has 1 aromatic rings. The van der Waals surface area contributed by atoms with Crippen LogP contribution >= 0.6 is 0 Å². The van der Waals surface area contributed by atoms with Gasteiger partial charge < -0.3 is 10.2 Å². The van der Waals surface area contributed by atoms with Gasteiger partial charge in [0.05, 0.1) is 13.2 Å². The molecule has 4 heteroatoms. The van der Waals surface area contributed by atoms with Crippen LogP contribution in [-0.2, 0) is 6.42 Å². The molecule has 0 atom stereocenters. The summed E-state index contributed by atoms with van der Waals surface area (Å²) in [6.45, 7) is 3.62. The van der Waals surface area contributed by atoms with E-state index < -0.39 is 17.0 Å². The molecular formula is C14H20F2O2. The van der Waals surface area contributed by atoms with E-state index in [1.165, 1.54) is 6.07 Å². The molecule has 0 fully saturated rings. The molecule has 0 aliphatic heterocycles. The number of rotatable bonds is 6. The first-order valence-corrected chi connectivity index (χ1v) is 6.08. The monoisotopic (exact) mass is 258 g/mol. The minimum Gasteiger partial charge on any atom is -0.396 e. The van der Waals surface area contributed by atoms with Gasteiger partial charge in [-0.1, -0.05) is 19.9 Å². The van der Waals surface area contributed by atoms with Crippen LogP contribution in [0.3, 0.4) is 0 Å². The Bertz CT molecular complexity index is 387. The zero-order chi connectivity index (χ0) is 13.8. The zero-order valence-electron chi connectivity index (χ0n) is 10.8. The molecule has 0 unspecified atom stereocenters. The summed E-state index contributed by atoms with van der Waals surface area (Å²) in [4.78, 5) is 0. The largest absolute Gasteiger partial charge is 0.396 e. The summed E-state index contributed by atoms with van der Waals surface area (Å²) < 4.78 is 26.0. The molecule has 102 valence electrons. The van der Waals surface area contributed by atoms with Gasteiger partial charge in [-0.05, 0) is 36.5 Å². The zero-order valence-corrected chi connectivity index (χ0v) is 10.8. The van der Waals surface area contributed by atoms with Crippen LogP contribution in [0.25, 0.3) is 0 Å². The van der Waals surface area contributed by atoms with Crippen molar-refractivity contribution in [1.82, 2.24) is 0 Å². The quantitative estimate of drug-likeness (QED) is 0.823. The SMILES string of the molecule is CC(C)CC(CO)(CO)Cc1ccc(F)c(F)c1. The number of hydrogen-bond acceptors (Lipinski definition) is 2. The summed E-state index contributed by atoms with van der Waals surface area (Å²) in [6.07, 6.45) is 0.953. The number of benzene rings is 1. The standard InChI is InChI=1S/C14H20F2O2/c1-10(2)6-14(8-17,9-18)7-11-3-4-12(15)13(16)5-11/h3-5,10,17-18H,6-9H2,1-2H3. The van der Waals surface area contributed by atoms with Gasteiger partial charge in [0.15, 0.2) is 11.6 Å². The van der Waals surface area contributed by atoms with E-state index in [4.69, 9.17) is 0 Å². The third-order valence-electron chi connectivity index (χ3n) is 3.08. The van der Waals surface area contributed by atoms with E-state index >= 15 is 0 Å². The van der Waals surface area contributed by atoms with Crippen LogP contribution in [0.5, 0.6) is 0 Å². The van der Waals surface area contributed by atoms with Crippen molar-refractivity contribution >= 4 is 0 Å². The highest BCUT2D eigenvalue weighted by molar-refractivity contribution is 5.19. The van der Waals surface area contributed by atoms with E-state index in [-0.39, 0.29) is 13.2 Å². The van der Waals surface area contributed by atoms with Crippen molar-refractivity contribution in [3.63, 3.8) is 0 Å². The van der Waals surface area contributed by atoms with Crippen molar-refractivity contribution in [3.8, 4) is 0 Å². The molecule has 0 aliphatic carbocycles. The van der Waals surface area contributed by atoms with E-state index in [9.17, 15) is 19.0 Å². The summed E-state index contributed by atoms with van der Waals surface area (Å²) in [5, 5.41) is 19.0. The van der Waals surface area contributed by atoms with E-state index in [0.717, 1.165) is 12.1 Å². The smallest absolute Gasteiger partial charge is 0.159 e. The van der Waals surface area contributed by atoms with Gasteiger partial charge in [0, 0.05) is 5.41 Å². The number of halogens is 2. The lowest BCUT2D eigenvalue weighted by Crippen LogP contribution is -2.34. The molecule has 0 aliphatic rings. The Morgan fingerprint density at radius 1 is 1.11 bits per heavy atom. The maximum absolute atomic E-state index is 13.1. The summed E-state index contributed by atoms with van der Waals surface area (Å²) >= 11 is 0. The molecular weight excluding hydrogens is 238 g/mol. The second-order valence-electron chi connectivity index (χ2n) is 5.34. The van der Waals surface area contributed by atoms with Crippen LogP contribution in [0.2, 0.25) is 0 Å². The lowest BCUT2D eigenvalue weighted by molar-refractivity contribution is 0.0369. The third kappa shape index (κ3) is 3.75. The summed E-state index contributed by atoms with van der Waals surface area (Å²) in [5.74, 6) is -1.49. The first kappa shape index (κ1) is 15.1. The van der Waals surface area contributed by atoms with Gasteiger partial charge in [-0.25, -0.2) is 8.78 Å². The number of aliphatic hydroxyl groups excluding tert-OH is 2. The first-order chi connectivity index (χ1) is 8.42. The lowest BCUT2D eigenvalue weighted by atomic mass is 9.76. The molecule has 0 heterocycles. The highest BCUT2D eigenvalue weighted by atomic mass is 19.2. The minimum atomic E-state index is -0.901. The van der Waals surface area contributed by atoms with Gasteiger partial charge in [0.1, 0.15) is 0 Å². The maximum atomic E-state index is 13.1. The lowest BCUT2D eigenvalue weighted by Gasteiger charge is -2.31. The molecule has 0 amide bonds. The van der Waals surface area contributed by atoms with Crippen LogP contribution < -0.4 is 0 Å². The molecule has 0 saturated heterocycles. The van der Waals surface area contributed by atoms with Crippen molar-refractivity contribution in [2.45, 2.75) is 26.7 Å². The molecule has 18 heavy (non-hydrogen) atoms. The summed E-state index contributed by atoms with van der Waals surface area (Å²) in [7, 11) is 0. The Morgan fingerprint density at radius 2 is 1.72 bits per heavy atom. The third-order valence-corrected chi connectivity index (χ3v) is 3.08. The molecule has 0 bridgehead atoms. The average Bonchev–Trinajstić information content (AvgIpc) is 2.32. The van der Waals surface area contributed by atoms with E-state index in [0.29, 0.717) is 24.3 Å². The molecule has 2 N–H and O–H groups in total. The topological polar surface area (TPSA) is 40.5 Å². The Morgan fingerprint density at radius 3 is 2.17 bits per heavy atom. The van der Waals surface area contributed by atoms with Gasteiger partial charge >= 0.3 is 0 Å². The van der Waals surface area contributed by atoms with Crippen LogP contribution in [0.1, 0.15) is 25.8 Å². The minimum absolute atomic E-state index is 0.180. The highest BCUT2D eigenvalue weighted by Gasteiger charge is 2.30. The van der Waals surface area contributed by atoms with Crippen molar-refractivity contribution in [2.24, 2.45) is 11.3 Å². The Hall–Kier alpha value is -1.00. The van der Waals surface area contributed by atoms with Gasteiger partial charge in [0.2, 0.25) is 0 Å². The molecule has 0 saturated carbocycles. The number of aliphatic hydroxyl groups is 2. The fourth-order valence-corrected chi connectivity index (χ4v) is 2.31. The second kappa shape index (κ2) is 6.25. The van der Waals surface area contributed by atoms with Crippen molar-refractivity contribution < 1.29 is 19.0 Å². The van der Waals surface area contributed by atoms with E-state index in [1.54, 1.807) is 0 Å². The fourth-order valence-electron chi connectivity index (χ4n) is 2.31. The molecule has 0 spiro atoms. The second-order valence-corrected chi connectivity index (χ2v) is 5.34. The van der Waals surface area contributed by atoms with E-state index in [2.05, 4.69) is 0 Å². The van der Waals surface area contributed by atoms with Gasteiger partial charge in [-0.15, -0.1) is 0 Å². The van der Waals surface area contributed by atoms with Crippen LogP contribution in [-0.4, -0.2) is 23.4 Å². The van der Waals surface area contributed by atoms with Gasteiger partial charge in [-0.2, -0.15) is 0 Å². The Labute approximate surface area is 106 Å². The highest BCUT2D eigenvalue weighted by Crippen LogP contribution is 2.30. The predicted molar refractivity (Wildman–Crippen MR) is 66.1 cm³/mol. The average molecular weight is 258 g/mol. The summed E-state index contributed by atoms with van der Waals surface area (Å²) in [6, 6.07) is 3.67. The van der Waals surface area contributed by atoms with Crippen LogP contribution in [0.15, 0.2) is 18.2 Å². The van der Waals surface area contributed by atoms with Crippen molar-refractivity contribution in [1.29, 1.82) is 0 Å².